The van der Waals surface area contributed by atoms with Crippen LogP contribution in [0.4, 0.5) is 0 Å². The second kappa shape index (κ2) is 7.75. The fraction of sp³-hybridized carbons (Fsp3) is 0.625. The van der Waals surface area contributed by atoms with E-state index in [1.807, 2.05) is 12.1 Å². The van der Waals surface area contributed by atoms with Gasteiger partial charge in [-0.2, -0.15) is 0 Å². The molecule has 1 aliphatic heterocycles. The first-order valence-electron chi connectivity index (χ1n) is 7.62. The molecule has 21 heavy (non-hydrogen) atoms. The maximum atomic E-state index is 5.85. The Labute approximate surface area is 128 Å². The van der Waals surface area contributed by atoms with Crippen LogP contribution < -0.4 is 16.0 Å². The summed E-state index contributed by atoms with van der Waals surface area (Å²) in [5.41, 5.74) is 4.28. The van der Waals surface area contributed by atoms with Crippen molar-refractivity contribution >= 4 is 0 Å². The Balaban J connectivity index is 2.10. The van der Waals surface area contributed by atoms with Crippen molar-refractivity contribution in [1.82, 2.24) is 15.2 Å². The minimum atomic E-state index is 0.225. The first kappa shape index (κ1) is 16.2. The van der Waals surface area contributed by atoms with Crippen molar-refractivity contribution in [2.24, 2.45) is 5.84 Å². The van der Waals surface area contributed by atoms with Crippen molar-refractivity contribution in [2.75, 3.05) is 40.8 Å². The molecule has 0 amide bonds. The van der Waals surface area contributed by atoms with Crippen LogP contribution in [0, 0.1) is 0 Å². The molecule has 3 N–H and O–H groups in total. The number of likely N-dealkylation sites (N-methyl/N-ethyl adjacent to an activating group) is 2. The maximum absolute atomic E-state index is 5.85. The molecule has 1 fully saturated rings. The molecule has 2 atom stereocenters. The molecule has 1 aliphatic rings. The number of hydrazine groups is 1. The van der Waals surface area contributed by atoms with E-state index in [2.05, 4.69) is 41.5 Å². The lowest BCUT2D eigenvalue weighted by molar-refractivity contribution is 0.177. The zero-order chi connectivity index (χ0) is 15.2. The number of hydrogen-bond donors (Lipinski definition) is 2. The van der Waals surface area contributed by atoms with Gasteiger partial charge in [0.15, 0.2) is 0 Å². The van der Waals surface area contributed by atoms with E-state index in [9.17, 15) is 0 Å². The molecule has 1 aromatic rings. The van der Waals surface area contributed by atoms with Crippen molar-refractivity contribution in [3.05, 3.63) is 29.8 Å². The summed E-state index contributed by atoms with van der Waals surface area (Å²) in [6.07, 6.45) is 2.11. The minimum Gasteiger partial charge on any atom is -0.497 e. The van der Waals surface area contributed by atoms with Gasteiger partial charge in [0.25, 0.3) is 0 Å². The molecule has 0 radical (unpaired) electrons. The Morgan fingerprint density at radius 1 is 1.38 bits per heavy atom. The fourth-order valence-electron chi connectivity index (χ4n) is 3.10. The highest BCUT2D eigenvalue weighted by Gasteiger charge is 2.28. The van der Waals surface area contributed by atoms with Crippen LogP contribution in [0.2, 0.25) is 0 Å². The van der Waals surface area contributed by atoms with Gasteiger partial charge in [-0.25, -0.2) is 0 Å². The van der Waals surface area contributed by atoms with Gasteiger partial charge in [0.2, 0.25) is 0 Å². The van der Waals surface area contributed by atoms with Gasteiger partial charge in [0.05, 0.1) is 7.11 Å². The number of hydrogen-bond acceptors (Lipinski definition) is 5. The highest BCUT2D eigenvalue weighted by molar-refractivity contribution is 5.29. The third kappa shape index (κ3) is 4.41. The molecule has 0 spiro atoms. The molecular weight excluding hydrogens is 264 g/mol. The van der Waals surface area contributed by atoms with Gasteiger partial charge in [-0.15, -0.1) is 0 Å². The fourth-order valence-corrected chi connectivity index (χ4v) is 3.10. The predicted octanol–water partition coefficient (Wildman–Crippen LogP) is 0.706. The molecular formula is C16H28N4O. The summed E-state index contributed by atoms with van der Waals surface area (Å²) >= 11 is 0. The number of ether oxygens (including phenoxy) is 1. The smallest absolute Gasteiger partial charge is 0.119 e. The van der Waals surface area contributed by atoms with Gasteiger partial charge in [0, 0.05) is 18.6 Å². The molecule has 1 aromatic carbocycles. The Kier molecular flexibility index (Phi) is 5.99. The summed E-state index contributed by atoms with van der Waals surface area (Å²) in [6.45, 7) is 3.30. The Bertz CT molecular complexity index is 440. The van der Waals surface area contributed by atoms with Crippen LogP contribution in [0.25, 0.3) is 0 Å². The van der Waals surface area contributed by atoms with Crippen molar-refractivity contribution in [2.45, 2.75) is 24.9 Å². The molecule has 0 saturated carbocycles. The predicted molar refractivity (Wildman–Crippen MR) is 86.3 cm³/mol. The van der Waals surface area contributed by atoms with Gasteiger partial charge >= 0.3 is 0 Å². The number of nitrogens with one attached hydrogen (secondary N) is 1. The largest absolute Gasteiger partial charge is 0.497 e. The van der Waals surface area contributed by atoms with E-state index in [0.29, 0.717) is 6.04 Å². The van der Waals surface area contributed by atoms with Crippen LogP contribution in [-0.2, 0) is 6.42 Å². The first-order chi connectivity index (χ1) is 10.1. The third-order valence-corrected chi connectivity index (χ3v) is 4.38. The normalized spacial score (nSPS) is 22.8. The van der Waals surface area contributed by atoms with Crippen molar-refractivity contribution < 1.29 is 4.74 Å². The van der Waals surface area contributed by atoms with E-state index < -0.39 is 0 Å². The summed E-state index contributed by atoms with van der Waals surface area (Å²) < 4.78 is 5.30. The van der Waals surface area contributed by atoms with Crippen LogP contribution in [0.3, 0.4) is 0 Å². The Hall–Kier alpha value is -1.14. The summed E-state index contributed by atoms with van der Waals surface area (Å²) in [6, 6.07) is 8.86. The van der Waals surface area contributed by atoms with Crippen LogP contribution >= 0.6 is 0 Å². The quantitative estimate of drug-likeness (QED) is 0.618. The topological polar surface area (TPSA) is 53.8 Å². The second-order valence-corrected chi connectivity index (χ2v) is 5.99. The number of benzene rings is 1. The van der Waals surface area contributed by atoms with E-state index in [-0.39, 0.29) is 6.04 Å². The monoisotopic (exact) mass is 292 g/mol. The SMILES string of the molecule is COc1cccc(CC(NN)C2CN(C)CCCN2C)c1. The van der Waals surface area contributed by atoms with Crippen LogP contribution in [0.1, 0.15) is 12.0 Å². The van der Waals surface area contributed by atoms with Gasteiger partial charge < -0.3 is 14.5 Å². The molecule has 0 aromatic heterocycles. The minimum absolute atomic E-state index is 0.225. The van der Waals surface area contributed by atoms with Crippen molar-refractivity contribution in [3.8, 4) is 5.75 Å². The number of nitrogens with zero attached hydrogens (tertiary/aromatic N) is 2. The van der Waals surface area contributed by atoms with Gasteiger partial charge in [0.1, 0.15) is 5.75 Å². The lowest BCUT2D eigenvalue weighted by Gasteiger charge is -2.34. The van der Waals surface area contributed by atoms with Gasteiger partial charge in [-0.3, -0.25) is 11.3 Å². The van der Waals surface area contributed by atoms with Crippen molar-refractivity contribution in [1.29, 1.82) is 0 Å². The molecule has 5 heteroatoms. The summed E-state index contributed by atoms with van der Waals surface area (Å²) in [7, 11) is 6.08. The number of rotatable bonds is 5. The maximum Gasteiger partial charge on any atom is 0.119 e. The van der Waals surface area contributed by atoms with Crippen LogP contribution in [-0.4, -0.2) is 62.7 Å². The number of methoxy groups -OCH3 is 1. The summed E-state index contributed by atoms with van der Waals surface area (Å²) in [4.78, 5) is 4.82. The molecule has 1 saturated heterocycles. The van der Waals surface area contributed by atoms with E-state index >= 15 is 0 Å². The number of nitrogens with two attached hydrogens (primary N) is 1. The first-order valence-corrected chi connectivity index (χ1v) is 7.62. The van der Waals surface area contributed by atoms with Crippen LogP contribution in [0.5, 0.6) is 5.75 Å². The molecule has 2 rings (SSSR count). The molecule has 118 valence electrons. The van der Waals surface area contributed by atoms with Gasteiger partial charge in [-0.1, -0.05) is 12.1 Å². The highest BCUT2D eigenvalue weighted by Crippen LogP contribution is 2.17. The molecule has 2 unspecified atom stereocenters. The average molecular weight is 292 g/mol. The van der Waals surface area contributed by atoms with Crippen LogP contribution in [0.15, 0.2) is 24.3 Å². The second-order valence-electron chi connectivity index (χ2n) is 5.99. The highest BCUT2D eigenvalue weighted by atomic mass is 16.5. The molecule has 0 aliphatic carbocycles. The van der Waals surface area contributed by atoms with Crippen molar-refractivity contribution in [3.63, 3.8) is 0 Å². The third-order valence-electron chi connectivity index (χ3n) is 4.38. The Morgan fingerprint density at radius 3 is 2.90 bits per heavy atom. The Morgan fingerprint density at radius 2 is 2.19 bits per heavy atom. The zero-order valence-corrected chi connectivity index (χ0v) is 13.4. The van der Waals surface area contributed by atoms with E-state index in [1.165, 1.54) is 12.0 Å². The molecule has 5 nitrogen and oxygen atoms in total. The summed E-state index contributed by atoms with van der Waals surface area (Å²) in [5.74, 6) is 6.75. The average Bonchev–Trinajstić information content (AvgIpc) is 2.66. The zero-order valence-electron chi connectivity index (χ0n) is 13.4. The lowest BCUT2D eigenvalue weighted by atomic mass is 9.98. The molecule has 1 heterocycles. The standard InChI is InChI=1S/C16H28N4O/c1-19-8-5-9-20(2)16(12-19)15(18-17)11-13-6-4-7-14(10-13)21-3/h4,6-7,10,15-16,18H,5,8-9,11-12,17H2,1-3H3. The van der Waals surface area contributed by atoms with E-state index in [1.54, 1.807) is 7.11 Å². The molecule has 0 bridgehead atoms. The van der Waals surface area contributed by atoms with Gasteiger partial charge in [-0.05, 0) is 57.7 Å². The lowest BCUT2D eigenvalue weighted by Crippen LogP contribution is -2.55. The van der Waals surface area contributed by atoms with E-state index in [4.69, 9.17) is 10.6 Å². The van der Waals surface area contributed by atoms with E-state index in [0.717, 1.165) is 31.8 Å². The summed E-state index contributed by atoms with van der Waals surface area (Å²) in [5, 5.41) is 0.